The number of benzene rings is 1. The molecule has 0 aliphatic heterocycles. The number of nitrogens with zero attached hydrogens (tertiary/aromatic N) is 2. The van der Waals surface area contributed by atoms with E-state index in [2.05, 4.69) is 10.9 Å². The van der Waals surface area contributed by atoms with Gasteiger partial charge in [-0.2, -0.15) is 0 Å². The second-order valence-corrected chi connectivity index (χ2v) is 5.80. The first kappa shape index (κ1) is 17.6. The molecule has 2 heterocycles. The fourth-order valence-corrected chi connectivity index (χ4v) is 2.74. The van der Waals surface area contributed by atoms with E-state index in [0.29, 0.717) is 30.9 Å². The topological polar surface area (TPSA) is 52.8 Å². The fourth-order valence-electron chi connectivity index (χ4n) is 2.74. The van der Waals surface area contributed by atoms with Gasteiger partial charge in [0.1, 0.15) is 6.61 Å². The monoisotopic (exact) mass is 348 g/mol. The summed E-state index contributed by atoms with van der Waals surface area (Å²) in [5.74, 6) is 3.03. The van der Waals surface area contributed by atoms with Crippen LogP contribution in [0.25, 0.3) is 5.65 Å². The van der Waals surface area contributed by atoms with Gasteiger partial charge in [0.25, 0.3) is 0 Å². The summed E-state index contributed by atoms with van der Waals surface area (Å²) in [5, 5.41) is 0. The van der Waals surface area contributed by atoms with E-state index in [-0.39, 0.29) is 5.97 Å². The number of ether oxygens (including phenoxy) is 2. The molecule has 0 saturated heterocycles. The number of fused-ring (bicyclic) bond motifs is 1. The highest BCUT2D eigenvalue weighted by molar-refractivity contribution is 5.89. The number of carbonyl (C=O) groups excluding carboxylic acids is 1. The van der Waals surface area contributed by atoms with E-state index >= 15 is 0 Å². The van der Waals surface area contributed by atoms with Crippen LogP contribution in [0, 0.1) is 19.3 Å². The van der Waals surface area contributed by atoms with E-state index in [1.807, 2.05) is 41.8 Å². The third-order valence-electron chi connectivity index (χ3n) is 4.04. The van der Waals surface area contributed by atoms with E-state index in [9.17, 15) is 4.79 Å². The van der Waals surface area contributed by atoms with Gasteiger partial charge in [-0.05, 0) is 43.7 Å². The highest BCUT2D eigenvalue weighted by atomic mass is 16.5. The van der Waals surface area contributed by atoms with Crippen LogP contribution >= 0.6 is 0 Å². The van der Waals surface area contributed by atoms with Gasteiger partial charge in [0, 0.05) is 6.20 Å². The van der Waals surface area contributed by atoms with Crippen LogP contribution < -0.4 is 4.74 Å². The van der Waals surface area contributed by atoms with Crippen molar-refractivity contribution in [3.63, 3.8) is 0 Å². The van der Waals surface area contributed by atoms with Crippen molar-refractivity contribution < 1.29 is 14.3 Å². The largest absolute Gasteiger partial charge is 0.485 e. The number of terminal acetylenes is 1. The molecule has 2 aromatic heterocycles. The number of aryl methyl sites for hydroxylation is 1. The Hall–Kier alpha value is -3.26. The normalized spacial score (nSPS) is 10.5. The SMILES string of the molecule is C#CCc1c(C)nc2c(OCc3ccc(C(=O)OCC)cc3)cccn12. The number of hydrogen-bond donors (Lipinski definition) is 0. The highest BCUT2D eigenvalue weighted by Crippen LogP contribution is 2.23. The lowest BCUT2D eigenvalue weighted by Gasteiger charge is -2.09. The third-order valence-corrected chi connectivity index (χ3v) is 4.04. The van der Waals surface area contributed by atoms with Crippen LogP contribution in [0.2, 0.25) is 0 Å². The number of hydrogen-bond acceptors (Lipinski definition) is 4. The van der Waals surface area contributed by atoms with E-state index in [1.54, 1.807) is 19.1 Å². The number of esters is 1. The molecule has 0 radical (unpaired) electrons. The van der Waals surface area contributed by atoms with Crippen LogP contribution in [0.15, 0.2) is 42.6 Å². The zero-order valence-electron chi connectivity index (χ0n) is 14.9. The number of carbonyl (C=O) groups is 1. The molecule has 0 aliphatic carbocycles. The number of imidazole rings is 1. The molecule has 0 atom stereocenters. The van der Waals surface area contributed by atoms with Gasteiger partial charge in [-0.15, -0.1) is 12.3 Å². The van der Waals surface area contributed by atoms with Crippen molar-refractivity contribution in [2.24, 2.45) is 0 Å². The van der Waals surface area contributed by atoms with Crippen molar-refractivity contribution >= 4 is 11.6 Å². The van der Waals surface area contributed by atoms with Gasteiger partial charge in [-0.3, -0.25) is 4.40 Å². The molecule has 26 heavy (non-hydrogen) atoms. The quantitative estimate of drug-likeness (QED) is 0.505. The van der Waals surface area contributed by atoms with Crippen LogP contribution in [-0.4, -0.2) is 22.0 Å². The second-order valence-electron chi connectivity index (χ2n) is 5.80. The first-order valence-electron chi connectivity index (χ1n) is 8.43. The van der Waals surface area contributed by atoms with Gasteiger partial charge < -0.3 is 9.47 Å². The highest BCUT2D eigenvalue weighted by Gasteiger charge is 2.12. The van der Waals surface area contributed by atoms with E-state index in [0.717, 1.165) is 22.6 Å². The van der Waals surface area contributed by atoms with Crippen LogP contribution in [-0.2, 0) is 17.8 Å². The molecule has 5 nitrogen and oxygen atoms in total. The molecule has 0 aliphatic rings. The molecular weight excluding hydrogens is 328 g/mol. The Kier molecular flexibility index (Phi) is 5.23. The summed E-state index contributed by atoms with van der Waals surface area (Å²) in [5.41, 5.74) is 4.12. The third kappa shape index (κ3) is 3.55. The molecule has 0 fully saturated rings. The Bertz CT molecular complexity index is 965. The summed E-state index contributed by atoms with van der Waals surface area (Å²) in [6.07, 6.45) is 7.90. The smallest absolute Gasteiger partial charge is 0.338 e. The minimum Gasteiger partial charge on any atom is -0.485 e. The average molecular weight is 348 g/mol. The van der Waals surface area contributed by atoms with Crippen molar-refractivity contribution in [3.8, 4) is 18.1 Å². The lowest BCUT2D eigenvalue weighted by molar-refractivity contribution is 0.0526. The molecule has 0 unspecified atom stereocenters. The zero-order valence-corrected chi connectivity index (χ0v) is 14.9. The van der Waals surface area contributed by atoms with Crippen LogP contribution in [0.1, 0.15) is 34.2 Å². The average Bonchev–Trinajstić information content (AvgIpc) is 2.97. The van der Waals surface area contributed by atoms with Crippen molar-refractivity contribution in [1.82, 2.24) is 9.38 Å². The summed E-state index contributed by atoms with van der Waals surface area (Å²) in [4.78, 5) is 16.3. The molecule has 1 aromatic carbocycles. The summed E-state index contributed by atoms with van der Waals surface area (Å²) >= 11 is 0. The van der Waals surface area contributed by atoms with Gasteiger partial charge in [-0.25, -0.2) is 9.78 Å². The number of pyridine rings is 1. The van der Waals surface area contributed by atoms with Gasteiger partial charge in [0.15, 0.2) is 11.4 Å². The maximum atomic E-state index is 11.7. The van der Waals surface area contributed by atoms with Gasteiger partial charge >= 0.3 is 5.97 Å². The lowest BCUT2D eigenvalue weighted by Crippen LogP contribution is -2.05. The van der Waals surface area contributed by atoms with Gasteiger partial charge in [-0.1, -0.05) is 12.1 Å². The fraction of sp³-hybridized carbons (Fsp3) is 0.238. The second kappa shape index (κ2) is 7.75. The van der Waals surface area contributed by atoms with Crippen LogP contribution in [0.3, 0.4) is 0 Å². The van der Waals surface area contributed by atoms with Crippen LogP contribution in [0.5, 0.6) is 5.75 Å². The summed E-state index contributed by atoms with van der Waals surface area (Å²) in [7, 11) is 0. The molecule has 0 saturated carbocycles. The molecule has 0 N–H and O–H groups in total. The minimum atomic E-state index is -0.321. The first-order valence-corrected chi connectivity index (χ1v) is 8.43. The Labute approximate surface area is 152 Å². The molecule has 3 rings (SSSR count). The lowest BCUT2D eigenvalue weighted by atomic mass is 10.1. The predicted octanol–water partition coefficient (Wildman–Crippen LogP) is 3.57. The Morgan fingerprint density at radius 3 is 2.73 bits per heavy atom. The molecule has 0 amide bonds. The van der Waals surface area contributed by atoms with Gasteiger partial charge in [0.05, 0.1) is 30.0 Å². The van der Waals surface area contributed by atoms with Crippen molar-refractivity contribution in [1.29, 1.82) is 0 Å². The van der Waals surface area contributed by atoms with E-state index < -0.39 is 0 Å². The summed E-state index contributed by atoms with van der Waals surface area (Å²) < 4.78 is 12.9. The molecular formula is C21H20N2O3. The van der Waals surface area contributed by atoms with Gasteiger partial charge in [0.2, 0.25) is 0 Å². The maximum Gasteiger partial charge on any atom is 0.338 e. The minimum absolute atomic E-state index is 0.321. The maximum absolute atomic E-state index is 11.7. The Balaban J connectivity index is 1.77. The zero-order chi connectivity index (χ0) is 18.5. The Morgan fingerprint density at radius 2 is 2.04 bits per heavy atom. The number of rotatable bonds is 6. The molecule has 0 spiro atoms. The number of aromatic nitrogens is 2. The first-order chi connectivity index (χ1) is 12.6. The summed E-state index contributed by atoms with van der Waals surface area (Å²) in [6.45, 7) is 4.46. The molecule has 0 bridgehead atoms. The van der Waals surface area contributed by atoms with E-state index in [4.69, 9.17) is 15.9 Å². The molecule has 3 aromatic rings. The molecule has 132 valence electrons. The summed E-state index contributed by atoms with van der Waals surface area (Å²) in [6, 6.07) is 11.0. The molecule has 5 heteroatoms. The van der Waals surface area contributed by atoms with Crippen molar-refractivity contribution in [2.75, 3.05) is 6.61 Å². The van der Waals surface area contributed by atoms with Crippen LogP contribution in [0.4, 0.5) is 0 Å². The predicted molar refractivity (Wildman–Crippen MR) is 99.2 cm³/mol. The van der Waals surface area contributed by atoms with Crippen molar-refractivity contribution in [2.45, 2.75) is 26.9 Å². The Morgan fingerprint density at radius 1 is 1.27 bits per heavy atom. The standard InChI is InChI=1S/C21H20N2O3/c1-4-7-18-15(3)22-20-19(8-6-13-23(18)20)26-14-16-9-11-17(12-10-16)21(24)25-5-2/h1,6,8-13H,5,7,14H2,2-3H3. The van der Waals surface area contributed by atoms with Crippen molar-refractivity contribution in [3.05, 3.63) is 65.1 Å². The van der Waals surface area contributed by atoms with E-state index in [1.165, 1.54) is 0 Å².